The van der Waals surface area contributed by atoms with Gasteiger partial charge in [0.15, 0.2) is 5.82 Å². The van der Waals surface area contributed by atoms with E-state index < -0.39 is 0 Å². The number of rotatable bonds is 6. The molecule has 6 heteroatoms. The molecule has 0 unspecified atom stereocenters. The van der Waals surface area contributed by atoms with Crippen LogP contribution in [0.4, 0.5) is 0 Å². The number of benzene rings is 1. The van der Waals surface area contributed by atoms with Gasteiger partial charge >= 0.3 is 0 Å². The Bertz CT molecular complexity index is 880. The molecule has 1 fully saturated rings. The van der Waals surface area contributed by atoms with E-state index in [2.05, 4.69) is 33.9 Å². The van der Waals surface area contributed by atoms with Crippen molar-refractivity contribution >= 4 is 0 Å². The maximum atomic E-state index is 6.22. The molecule has 1 aliphatic rings. The SMILES string of the molecule is CO[C@H]1C[C@@H](c2nc(-c3ccccn3)nn2CCc2ccccc2)CC[C@@H]1N. The van der Waals surface area contributed by atoms with Crippen LogP contribution >= 0.6 is 0 Å². The standard InChI is InChI=1S/C22H27N5O/c1-28-20-15-17(10-11-18(20)23)22-25-21(19-9-5-6-13-24-19)26-27(22)14-12-16-7-3-2-4-8-16/h2-9,13,17-18,20H,10-12,14-15,23H2,1H3/t17-,18-,20-/m0/s1. The van der Waals surface area contributed by atoms with E-state index in [9.17, 15) is 0 Å². The van der Waals surface area contributed by atoms with Gasteiger partial charge in [-0.3, -0.25) is 4.98 Å². The summed E-state index contributed by atoms with van der Waals surface area (Å²) in [6.45, 7) is 0.791. The number of nitrogens with zero attached hydrogens (tertiary/aromatic N) is 4. The second kappa shape index (κ2) is 8.63. The number of hydrogen-bond donors (Lipinski definition) is 1. The molecule has 146 valence electrons. The lowest BCUT2D eigenvalue weighted by atomic mass is 9.83. The molecule has 0 spiro atoms. The Balaban J connectivity index is 1.62. The van der Waals surface area contributed by atoms with Gasteiger partial charge in [0, 0.05) is 31.8 Å². The highest BCUT2D eigenvalue weighted by Crippen LogP contribution is 2.33. The Kier molecular flexibility index (Phi) is 5.78. The van der Waals surface area contributed by atoms with Crippen LogP contribution in [-0.2, 0) is 17.7 Å². The second-order valence-electron chi connectivity index (χ2n) is 7.42. The van der Waals surface area contributed by atoms with Gasteiger partial charge in [0.05, 0.1) is 6.10 Å². The fourth-order valence-electron chi connectivity index (χ4n) is 3.96. The predicted molar refractivity (Wildman–Crippen MR) is 109 cm³/mol. The molecule has 2 heterocycles. The van der Waals surface area contributed by atoms with Crippen molar-refractivity contribution in [1.82, 2.24) is 19.7 Å². The van der Waals surface area contributed by atoms with Crippen molar-refractivity contribution in [3.8, 4) is 11.5 Å². The molecule has 28 heavy (non-hydrogen) atoms. The molecular formula is C22H27N5O. The third-order valence-corrected chi connectivity index (χ3v) is 5.56. The first-order chi connectivity index (χ1) is 13.7. The van der Waals surface area contributed by atoms with E-state index in [0.717, 1.165) is 43.7 Å². The van der Waals surface area contributed by atoms with Crippen LogP contribution in [0.3, 0.4) is 0 Å². The summed E-state index contributed by atoms with van der Waals surface area (Å²) in [6, 6.07) is 16.4. The van der Waals surface area contributed by atoms with Crippen LogP contribution in [0.5, 0.6) is 0 Å². The molecule has 0 radical (unpaired) electrons. The molecule has 0 saturated heterocycles. The molecule has 3 aromatic rings. The van der Waals surface area contributed by atoms with Crippen LogP contribution in [0.15, 0.2) is 54.7 Å². The number of ether oxygens (including phenoxy) is 1. The maximum Gasteiger partial charge on any atom is 0.200 e. The van der Waals surface area contributed by atoms with Crippen LogP contribution < -0.4 is 5.73 Å². The van der Waals surface area contributed by atoms with E-state index in [1.54, 1.807) is 13.3 Å². The molecule has 1 saturated carbocycles. The largest absolute Gasteiger partial charge is 0.380 e. The van der Waals surface area contributed by atoms with Crippen molar-refractivity contribution in [2.24, 2.45) is 5.73 Å². The van der Waals surface area contributed by atoms with Crippen LogP contribution in [0.1, 0.15) is 36.6 Å². The smallest absolute Gasteiger partial charge is 0.200 e. The van der Waals surface area contributed by atoms with E-state index >= 15 is 0 Å². The molecule has 4 rings (SSSR count). The van der Waals surface area contributed by atoms with Crippen molar-refractivity contribution in [3.63, 3.8) is 0 Å². The highest BCUT2D eigenvalue weighted by Gasteiger charge is 2.32. The summed E-state index contributed by atoms with van der Waals surface area (Å²) in [5, 5.41) is 4.81. The number of hydrogen-bond acceptors (Lipinski definition) is 5. The first kappa shape index (κ1) is 18.8. The molecule has 0 aliphatic heterocycles. The summed E-state index contributed by atoms with van der Waals surface area (Å²) >= 11 is 0. The van der Waals surface area contributed by atoms with Gasteiger partial charge in [-0.25, -0.2) is 9.67 Å². The monoisotopic (exact) mass is 377 g/mol. The zero-order chi connectivity index (χ0) is 19.3. The van der Waals surface area contributed by atoms with Gasteiger partial charge in [0.25, 0.3) is 0 Å². The van der Waals surface area contributed by atoms with Crippen LogP contribution in [0.2, 0.25) is 0 Å². The van der Waals surface area contributed by atoms with Crippen molar-refractivity contribution in [1.29, 1.82) is 0 Å². The average Bonchev–Trinajstić information content (AvgIpc) is 3.18. The number of aryl methyl sites for hydroxylation is 2. The number of pyridine rings is 1. The van der Waals surface area contributed by atoms with Gasteiger partial charge in [0.1, 0.15) is 11.5 Å². The average molecular weight is 377 g/mol. The lowest BCUT2D eigenvalue weighted by Crippen LogP contribution is -2.41. The normalized spacial score (nSPS) is 22.3. The molecular weight excluding hydrogens is 350 g/mol. The first-order valence-electron chi connectivity index (χ1n) is 9.93. The minimum atomic E-state index is 0.0660. The van der Waals surface area contributed by atoms with E-state index in [-0.39, 0.29) is 12.1 Å². The Hall–Kier alpha value is -2.57. The quantitative estimate of drug-likeness (QED) is 0.714. The molecule has 2 N–H and O–H groups in total. The van der Waals surface area contributed by atoms with Crippen LogP contribution in [0, 0.1) is 0 Å². The van der Waals surface area contributed by atoms with Crippen LogP contribution in [-0.4, -0.2) is 39.0 Å². The second-order valence-corrected chi connectivity index (χ2v) is 7.42. The Labute approximate surface area is 165 Å². The molecule has 6 nitrogen and oxygen atoms in total. The summed E-state index contributed by atoms with van der Waals surface area (Å²) in [4.78, 5) is 9.33. The lowest BCUT2D eigenvalue weighted by Gasteiger charge is -2.32. The Morgan fingerprint density at radius 3 is 2.68 bits per heavy atom. The first-order valence-corrected chi connectivity index (χ1v) is 9.93. The molecule has 2 aromatic heterocycles. The van der Waals surface area contributed by atoms with E-state index in [1.807, 2.05) is 24.3 Å². The molecule has 0 amide bonds. The van der Waals surface area contributed by atoms with Gasteiger partial charge in [-0.05, 0) is 43.4 Å². The summed E-state index contributed by atoms with van der Waals surface area (Å²) < 4.78 is 7.68. The fraction of sp³-hybridized carbons (Fsp3) is 0.409. The highest BCUT2D eigenvalue weighted by molar-refractivity contribution is 5.48. The topological polar surface area (TPSA) is 78.9 Å². The van der Waals surface area contributed by atoms with Gasteiger partial charge < -0.3 is 10.5 Å². The minimum Gasteiger partial charge on any atom is -0.380 e. The number of methoxy groups -OCH3 is 1. The summed E-state index contributed by atoms with van der Waals surface area (Å²) in [5.74, 6) is 2.00. The molecule has 1 aliphatic carbocycles. The number of aromatic nitrogens is 4. The molecule has 0 bridgehead atoms. The zero-order valence-corrected chi connectivity index (χ0v) is 16.2. The van der Waals surface area contributed by atoms with Crippen molar-refractivity contribution < 1.29 is 4.74 Å². The predicted octanol–water partition coefficient (Wildman–Crippen LogP) is 3.19. The van der Waals surface area contributed by atoms with Gasteiger partial charge in [-0.1, -0.05) is 36.4 Å². The Morgan fingerprint density at radius 1 is 1.11 bits per heavy atom. The van der Waals surface area contributed by atoms with Gasteiger partial charge in [-0.15, -0.1) is 5.10 Å². The Morgan fingerprint density at radius 2 is 1.93 bits per heavy atom. The maximum absolute atomic E-state index is 6.22. The summed E-state index contributed by atoms with van der Waals surface area (Å²) in [6.07, 6.45) is 5.58. The van der Waals surface area contributed by atoms with Gasteiger partial charge in [0.2, 0.25) is 0 Å². The van der Waals surface area contributed by atoms with Crippen LogP contribution in [0.25, 0.3) is 11.5 Å². The highest BCUT2D eigenvalue weighted by atomic mass is 16.5. The zero-order valence-electron chi connectivity index (χ0n) is 16.2. The summed E-state index contributed by atoms with van der Waals surface area (Å²) in [5.41, 5.74) is 8.32. The third kappa shape index (κ3) is 4.13. The number of nitrogens with two attached hydrogens (primary N) is 1. The fourth-order valence-corrected chi connectivity index (χ4v) is 3.96. The van der Waals surface area contributed by atoms with E-state index in [0.29, 0.717) is 11.7 Å². The minimum absolute atomic E-state index is 0.0660. The lowest BCUT2D eigenvalue weighted by molar-refractivity contribution is 0.0455. The molecule has 1 aromatic carbocycles. The van der Waals surface area contributed by atoms with E-state index in [1.165, 1.54) is 5.56 Å². The van der Waals surface area contributed by atoms with E-state index in [4.69, 9.17) is 20.6 Å². The van der Waals surface area contributed by atoms with Crippen molar-refractivity contribution in [2.45, 2.75) is 50.3 Å². The van der Waals surface area contributed by atoms with Crippen molar-refractivity contribution in [2.75, 3.05) is 7.11 Å². The van der Waals surface area contributed by atoms with Gasteiger partial charge in [-0.2, -0.15) is 0 Å². The third-order valence-electron chi connectivity index (χ3n) is 5.56. The molecule has 3 atom stereocenters. The van der Waals surface area contributed by atoms with Crippen molar-refractivity contribution in [3.05, 3.63) is 66.1 Å². The summed E-state index contributed by atoms with van der Waals surface area (Å²) in [7, 11) is 1.74.